The molecular formula is C12H12FNO. The third-order valence-electron chi connectivity index (χ3n) is 2.47. The maximum absolute atomic E-state index is 12.9. The highest BCUT2D eigenvalue weighted by atomic mass is 19.1. The third kappa shape index (κ3) is 1.91. The van der Waals surface area contributed by atoms with Crippen LogP contribution in [0.25, 0.3) is 10.9 Å². The quantitative estimate of drug-likeness (QED) is 0.755. The van der Waals surface area contributed by atoms with Gasteiger partial charge in [0, 0.05) is 23.5 Å². The van der Waals surface area contributed by atoms with Gasteiger partial charge < -0.3 is 4.57 Å². The standard InChI is InChI=1S/C12H12FNO/c1-2-11(15)8-14-6-5-9-7-10(13)3-4-12(9)14/h3-7H,2,8H2,1H3. The Morgan fingerprint density at radius 1 is 1.40 bits per heavy atom. The molecule has 2 nitrogen and oxygen atoms in total. The molecule has 0 fully saturated rings. The number of carbonyl (C=O) groups excluding carboxylic acids is 1. The summed E-state index contributed by atoms with van der Waals surface area (Å²) in [5.41, 5.74) is 0.901. The van der Waals surface area contributed by atoms with Crippen molar-refractivity contribution in [3.63, 3.8) is 0 Å². The smallest absolute Gasteiger partial charge is 0.152 e. The summed E-state index contributed by atoms with van der Waals surface area (Å²) in [6.07, 6.45) is 2.35. The first-order chi connectivity index (χ1) is 7.20. The molecule has 0 aliphatic carbocycles. The highest BCUT2D eigenvalue weighted by molar-refractivity contribution is 5.84. The molecule has 0 bridgehead atoms. The van der Waals surface area contributed by atoms with Crippen LogP contribution in [0.4, 0.5) is 4.39 Å². The van der Waals surface area contributed by atoms with Gasteiger partial charge in [-0.05, 0) is 24.3 Å². The van der Waals surface area contributed by atoms with Crippen molar-refractivity contribution in [1.29, 1.82) is 0 Å². The maximum atomic E-state index is 12.9. The number of Topliss-reactive ketones (excluding diaryl/α,β-unsaturated/α-hetero) is 1. The van der Waals surface area contributed by atoms with Crippen LogP contribution in [0.3, 0.4) is 0 Å². The number of ketones is 1. The van der Waals surface area contributed by atoms with Crippen LogP contribution in [-0.4, -0.2) is 10.4 Å². The summed E-state index contributed by atoms with van der Waals surface area (Å²) in [4.78, 5) is 11.3. The molecule has 2 rings (SSSR count). The summed E-state index contributed by atoms with van der Waals surface area (Å²) in [5, 5.41) is 0.832. The van der Waals surface area contributed by atoms with Crippen LogP contribution >= 0.6 is 0 Å². The fraction of sp³-hybridized carbons (Fsp3) is 0.250. The lowest BCUT2D eigenvalue weighted by molar-refractivity contribution is -0.119. The molecule has 2 aromatic rings. The SMILES string of the molecule is CCC(=O)Cn1ccc2cc(F)ccc21. The molecule has 0 saturated carbocycles. The van der Waals surface area contributed by atoms with Gasteiger partial charge in [0.25, 0.3) is 0 Å². The van der Waals surface area contributed by atoms with Crippen molar-refractivity contribution in [1.82, 2.24) is 4.57 Å². The number of benzene rings is 1. The van der Waals surface area contributed by atoms with E-state index >= 15 is 0 Å². The van der Waals surface area contributed by atoms with Gasteiger partial charge in [-0.15, -0.1) is 0 Å². The summed E-state index contributed by atoms with van der Waals surface area (Å²) in [6, 6.07) is 6.41. The molecule has 78 valence electrons. The van der Waals surface area contributed by atoms with Crippen LogP contribution in [-0.2, 0) is 11.3 Å². The topological polar surface area (TPSA) is 22.0 Å². The van der Waals surface area contributed by atoms with E-state index in [9.17, 15) is 9.18 Å². The lowest BCUT2D eigenvalue weighted by Gasteiger charge is -2.02. The van der Waals surface area contributed by atoms with Crippen molar-refractivity contribution in [2.45, 2.75) is 19.9 Å². The van der Waals surface area contributed by atoms with Gasteiger partial charge in [-0.1, -0.05) is 6.92 Å². The fourth-order valence-corrected chi connectivity index (χ4v) is 1.61. The highest BCUT2D eigenvalue weighted by Gasteiger charge is 2.04. The number of hydrogen-bond donors (Lipinski definition) is 0. The molecule has 0 unspecified atom stereocenters. The first-order valence-corrected chi connectivity index (χ1v) is 4.97. The highest BCUT2D eigenvalue weighted by Crippen LogP contribution is 2.17. The Bertz CT molecular complexity index is 501. The molecule has 0 amide bonds. The van der Waals surface area contributed by atoms with Gasteiger partial charge in [0.05, 0.1) is 6.54 Å². The van der Waals surface area contributed by atoms with E-state index in [0.717, 1.165) is 10.9 Å². The summed E-state index contributed by atoms with van der Waals surface area (Å²) < 4.78 is 14.7. The molecule has 3 heteroatoms. The molecule has 1 heterocycles. The maximum Gasteiger partial charge on any atom is 0.152 e. The second kappa shape index (κ2) is 3.85. The number of fused-ring (bicyclic) bond motifs is 1. The minimum absolute atomic E-state index is 0.178. The summed E-state index contributed by atoms with van der Waals surface area (Å²) in [5.74, 6) is -0.0705. The molecule has 0 saturated heterocycles. The minimum atomic E-state index is -0.248. The van der Waals surface area contributed by atoms with Crippen molar-refractivity contribution in [3.05, 3.63) is 36.3 Å². The van der Waals surface area contributed by atoms with Crippen LogP contribution in [0.1, 0.15) is 13.3 Å². The fourth-order valence-electron chi connectivity index (χ4n) is 1.61. The zero-order valence-corrected chi connectivity index (χ0v) is 8.53. The molecule has 0 spiro atoms. The summed E-state index contributed by atoms with van der Waals surface area (Å²) in [6.45, 7) is 2.21. The number of rotatable bonds is 3. The average molecular weight is 205 g/mol. The summed E-state index contributed by atoms with van der Waals surface area (Å²) >= 11 is 0. The van der Waals surface area contributed by atoms with Gasteiger partial charge in [0.15, 0.2) is 5.78 Å². The Hall–Kier alpha value is -1.64. The molecule has 15 heavy (non-hydrogen) atoms. The molecule has 1 aromatic carbocycles. The van der Waals surface area contributed by atoms with E-state index in [4.69, 9.17) is 0 Å². The number of hydrogen-bond acceptors (Lipinski definition) is 1. The van der Waals surface area contributed by atoms with E-state index in [-0.39, 0.29) is 11.6 Å². The van der Waals surface area contributed by atoms with Crippen molar-refractivity contribution in [2.24, 2.45) is 0 Å². The monoisotopic (exact) mass is 205 g/mol. The van der Waals surface area contributed by atoms with E-state index in [1.165, 1.54) is 12.1 Å². The Kier molecular flexibility index (Phi) is 2.54. The Morgan fingerprint density at radius 3 is 2.93 bits per heavy atom. The van der Waals surface area contributed by atoms with Crippen molar-refractivity contribution in [2.75, 3.05) is 0 Å². The van der Waals surface area contributed by atoms with Gasteiger partial charge >= 0.3 is 0 Å². The van der Waals surface area contributed by atoms with Gasteiger partial charge in [0.2, 0.25) is 0 Å². The predicted molar refractivity (Wildman–Crippen MR) is 57.2 cm³/mol. The number of aromatic nitrogens is 1. The second-order valence-electron chi connectivity index (χ2n) is 3.54. The lowest BCUT2D eigenvalue weighted by Crippen LogP contribution is -2.07. The molecule has 1 aromatic heterocycles. The molecule has 0 aliphatic heterocycles. The second-order valence-corrected chi connectivity index (χ2v) is 3.54. The Morgan fingerprint density at radius 2 is 2.20 bits per heavy atom. The van der Waals surface area contributed by atoms with E-state index in [1.807, 2.05) is 23.8 Å². The van der Waals surface area contributed by atoms with Crippen LogP contribution in [0.2, 0.25) is 0 Å². The van der Waals surface area contributed by atoms with E-state index in [2.05, 4.69) is 0 Å². The molecule has 0 radical (unpaired) electrons. The van der Waals surface area contributed by atoms with Gasteiger partial charge in [-0.2, -0.15) is 0 Å². The largest absolute Gasteiger partial charge is 0.340 e. The van der Waals surface area contributed by atoms with Crippen molar-refractivity contribution >= 4 is 16.7 Å². The first-order valence-electron chi connectivity index (χ1n) is 4.97. The molecular weight excluding hydrogens is 193 g/mol. The Balaban J connectivity index is 2.41. The Labute approximate surface area is 87.3 Å². The van der Waals surface area contributed by atoms with Crippen molar-refractivity contribution < 1.29 is 9.18 Å². The zero-order chi connectivity index (χ0) is 10.8. The zero-order valence-electron chi connectivity index (χ0n) is 8.53. The number of nitrogens with zero attached hydrogens (tertiary/aromatic N) is 1. The van der Waals surface area contributed by atoms with E-state index < -0.39 is 0 Å². The van der Waals surface area contributed by atoms with Gasteiger partial charge in [-0.3, -0.25) is 4.79 Å². The van der Waals surface area contributed by atoms with Crippen LogP contribution in [0.5, 0.6) is 0 Å². The van der Waals surface area contributed by atoms with Gasteiger partial charge in [-0.25, -0.2) is 4.39 Å². The van der Waals surface area contributed by atoms with Gasteiger partial charge in [0.1, 0.15) is 5.82 Å². The molecule has 0 atom stereocenters. The number of carbonyl (C=O) groups is 1. The number of halogens is 1. The van der Waals surface area contributed by atoms with Crippen LogP contribution in [0.15, 0.2) is 30.5 Å². The van der Waals surface area contributed by atoms with Crippen LogP contribution in [0, 0.1) is 5.82 Å². The van der Waals surface area contributed by atoms with Crippen LogP contribution < -0.4 is 0 Å². The summed E-state index contributed by atoms with van der Waals surface area (Å²) in [7, 11) is 0. The first kappa shape index (κ1) is 9.90. The lowest BCUT2D eigenvalue weighted by atomic mass is 10.2. The van der Waals surface area contributed by atoms with Crippen molar-refractivity contribution in [3.8, 4) is 0 Å². The predicted octanol–water partition coefficient (Wildman–Crippen LogP) is 2.76. The van der Waals surface area contributed by atoms with E-state index in [0.29, 0.717) is 13.0 Å². The molecule has 0 aliphatic rings. The molecule has 0 N–H and O–H groups in total. The third-order valence-corrected chi connectivity index (χ3v) is 2.47. The minimum Gasteiger partial charge on any atom is -0.340 e. The average Bonchev–Trinajstić information content (AvgIpc) is 2.60. The normalized spacial score (nSPS) is 10.8. The van der Waals surface area contributed by atoms with E-state index in [1.54, 1.807) is 6.07 Å².